The van der Waals surface area contributed by atoms with Gasteiger partial charge in [-0.05, 0) is 96.8 Å². The lowest BCUT2D eigenvalue weighted by molar-refractivity contribution is 0.415. The second-order valence-corrected chi connectivity index (χ2v) is 8.97. The minimum absolute atomic E-state index is 0.866. The van der Waals surface area contributed by atoms with Gasteiger partial charge in [0.15, 0.2) is 0 Å². The molecule has 3 aromatic carbocycles. The van der Waals surface area contributed by atoms with Gasteiger partial charge in [0.05, 0.1) is 12.8 Å². The van der Waals surface area contributed by atoms with E-state index in [0.717, 1.165) is 17.0 Å². The molecular weight excluding hydrogens is 374 g/mol. The first-order valence-electron chi connectivity index (χ1n) is 10.2. The van der Waals surface area contributed by atoms with Crippen LogP contribution in [0.5, 0.6) is 5.75 Å². The second kappa shape index (κ2) is 6.57. The van der Waals surface area contributed by atoms with Gasteiger partial charge in [0, 0.05) is 37.3 Å². The van der Waals surface area contributed by atoms with Gasteiger partial charge in [0.1, 0.15) is 5.75 Å². The maximum Gasteiger partial charge on any atom is 0.118 e. The second-order valence-electron chi connectivity index (χ2n) is 7.88. The van der Waals surface area contributed by atoms with Gasteiger partial charge in [-0.25, -0.2) is 0 Å². The molecule has 29 heavy (non-hydrogen) atoms. The van der Waals surface area contributed by atoms with Gasteiger partial charge < -0.3 is 4.74 Å². The third kappa shape index (κ3) is 2.72. The Balaban J connectivity index is 1.61. The van der Waals surface area contributed by atoms with Crippen molar-refractivity contribution in [2.45, 2.75) is 25.7 Å². The lowest BCUT2D eigenvalue weighted by Gasteiger charge is -2.15. The molecule has 0 fully saturated rings. The van der Waals surface area contributed by atoms with Crippen LogP contribution in [0.3, 0.4) is 0 Å². The summed E-state index contributed by atoms with van der Waals surface area (Å²) in [5.41, 5.74) is 5.25. The van der Waals surface area contributed by atoms with Crippen LogP contribution in [0.4, 0.5) is 0 Å². The van der Waals surface area contributed by atoms with Crippen LogP contribution >= 0.6 is 11.3 Å². The Bertz CT molecular complexity index is 1380. The third-order valence-electron chi connectivity index (χ3n) is 6.18. The molecule has 0 radical (unpaired) electrons. The predicted molar refractivity (Wildman–Crippen MR) is 123 cm³/mol. The molecule has 142 valence electrons. The van der Waals surface area contributed by atoms with Crippen molar-refractivity contribution in [3.8, 4) is 17.0 Å². The van der Waals surface area contributed by atoms with E-state index in [4.69, 9.17) is 9.72 Å². The molecule has 0 atom stereocenters. The van der Waals surface area contributed by atoms with Crippen molar-refractivity contribution in [3.05, 3.63) is 71.9 Å². The number of aromatic nitrogens is 1. The summed E-state index contributed by atoms with van der Waals surface area (Å²) in [5.74, 6) is 0.866. The first-order chi connectivity index (χ1) is 14.3. The summed E-state index contributed by atoms with van der Waals surface area (Å²) < 4.78 is 8.09. The zero-order valence-corrected chi connectivity index (χ0v) is 17.2. The molecule has 2 aromatic heterocycles. The van der Waals surface area contributed by atoms with E-state index in [9.17, 15) is 0 Å². The minimum atomic E-state index is 0.866. The van der Waals surface area contributed by atoms with Gasteiger partial charge in [-0.15, -0.1) is 11.3 Å². The Kier molecular flexibility index (Phi) is 3.85. The zero-order chi connectivity index (χ0) is 19.4. The summed E-state index contributed by atoms with van der Waals surface area (Å²) in [6, 6.07) is 19.9. The van der Waals surface area contributed by atoms with Crippen molar-refractivity contribution in [2.75, 3.05) is 7.11 Å². The largest absolute Gasteiger partial charge is 0.497 e. The molecule has 0 saturated heterocycles. The number of ether oxygens (including phenoxy) is 1. The summed E-state index contributed by atoms with van der Waals surface area (Å²) in [5, 5.41) is 5.21. The number of aryl methyl sites for hydroxylation is 2. The summed E-state index contributed by atoms with van der Waals surface area (Å²) in [7, 11) is 1.70. The van der Waals surface area contributed by atoms with Crippen molar-refractivity contribution >= 4 is 42.3 Å². The Labute approximate surface area is 173 Å². The number of rotatable bonds is 2. The van der Waals surface area contributed by atoms with Crippen molar-refractivity contribution in [3.63, 3.8) is 0 Å². The molecule has 1 aliphatic rings. The van der Waals surface area contributed by atoms with Gasteiger partial charge in [0.2, 0.25) is 0 Å². The van der Waals surface area contributed by atoms with E-state index >= 15 is 0 Å². The topological polar surface area (TPSA) is 22.1 Å². The molecule has 0 saturated carbocycles. The molecule has 2 heterocycles. The van der Waals surface area contributed by atoms with Crippen LogP contribution in [0.25, 0.3) is 42.2 Å². The first kappa shape index (κ1) is 17.0. The molecular formula is C26H21NOS. The highest BCUT2D eigenvalue weighted by atomic mass is 32.1. The van der Waals surface area contributed by atoms with Crippen LogP contribution in [-0.2, 0) is 12.8 Å². The first-order valence-corrected chi connectivity index (χ1v) is 11.0. The number of thiophene rings is 1. The molecule has 0 bridgehead atoms. The number of methoxy groups -OCH3 is 1. The Morgan fingerprint density at radius 1 is 0.793 bits per heavy atom. The Morgan fingerprint density at radius 3 is 2.31 bits per heavy atom. The molecule has 1 aliphatic carbocycles. The van der Waals surface area contributed by atoms with Crippen LogP contribution in [0.2, 0.25) is 0 Å². The van der Waals surface area contributed by atoms with E-state index in [1.807, 2.05) is 29.7 Å². The van der Waals surface area contributed by atoms with E-state index in [1.54, 1.807) is 18.2 Å². The zero-order valence-electron chi connectivity index (χ0n) is 16.4. The molecule has 0 aliphatic heterocycles. The maximum absolute atomic E-state index is 5.31. The number of hydrogen-bond donors (Lipinski definition) is 0. The molecule has 3 heteroatoms. The summed E-state index contributed by atoms with van der Waals surface area (Å²) in [4.78, 5) is 4.74. The average molecular weight is 396 g/mol. The van der Waals surface area contributed by atoms with Gasteiger partial charge in [-0.2, -0.15) is 0 Å². The third-order valence-corrected chi connectivity index (χ3v) is 7.30. The quantitative estimate of drug-likeness (QED) is 0.316. The predicted octanol–water partition coefficient (Wildman–Crippen LogP) is 7.16. The monoisotopic (exact) mass is 395 g/mol. The van der Waals surface area contributed by atoms with Crippen molar-refractivity contribution < 1.29 is 4.74 Å². The summed E-state index contributed by atoms with van der Waals surface area (Å²) >= 11 is 1.92. The van der Waals surface area contributed by atoms with Crippen LogP contribution < -0.4 is 4.74 Å². The highest BCUT2D eigenvalue weighted by molar-refractivity contribution is 7.25. The van der Waals surface area contributed by atoms with Gasteiger partial charge in [0.25, 0.3) is 0 Å². The van der Waals surface area contributed by atoms with Gasteiger partial charge >= 0.3 is 0 Å². The van der Waals surface area contributed by atoms with Crippen molar-refractivity contribution in [2.24, 2.45) is 0 Å². The SMILES string of the molecule is COc1ccc(-c2nccc3cc4sc5cc6c(cc5c4cc23)CCCC6)cc1. The molecule has 0 unspecified atom stereocenters. The molecule has 2 nitrogen and oxygen atoms in total. The van der Waals surface area contributed by atoms with Gasteiger partial charge in [-0.3, -0.25) is 4.98 Å². The maximum atomic E-state index is 5.31. The number of benzene rings is 3. The number of hydrogen-bond acceptors (Lipinski definition) is 3. The fourth-order valence-electron chi connectivity index (χ4n) is 4.65. The summed E-state index contributed by atoms with van der Waals surface area (Å²) in [6.45, 7) is 0. The van der Waals surface area contributed by atoms with Crippen LogP contribution in [0, 0.1) is 0 Å². The van der Waals surface area contributed by atoms with E-state index in [2.05, 4.69) is 42.5 Å². The number of fused-ring (bicyclic) bond motifs is 5. The Hall–Kier alpha value is -2.91. The van der Waals surface area contributed by atoms with Crippen molar-refractivity contribution in [1.29, 1.82) is 0 Å². The van der Waals surface area contributed by atoms with Crippen LogP contribution in [0.1, 0.15) is 24.0 Å². The minimum Gasteiger partial charge on any atom is -0.497 e. The average Bonchev–Trinajstić information content (AvgIpc) is 3.12. The highest BCUT2D eigenvalue weighted by Crippen LogP contribution is 2.40. The van der Waals surface area contributed by atoms with E-state index < -0.39 is 0 Å². The summed E-state index contributed by atoms with van der Waals surface area (Å²) in [6.07, 6.45) is 7.00. The number of pyridine rings is 1. The van der Waals surface area contributed by atoms with E-state index in [-0.39, 0.29) is 0 Å². The highest BCUT2D eigenvalue weighted by Gasteiger charge is 2.15. The lowest BCUT2D eigenvalue weighted by atomic mass is 9.90. The molecule has 6 rings (SSSR count). The molecule has 5 aromatic rings. The van der Waals surface area contributed by atoms with Gasteiger partial charge in [-0.1, -0.05) is 0 Å². The van der Waals surface area contributed by atoms with E-state index in [1.165, 1.54) is 56.6 Å². The fraction of sp³-hybridized carbons (Fsp3) is 0.192. The van der Waals surface area contributed by atoms with Crippen LogP contribution in [0.15, 0.2) is 60.8 Å². The fourth-order valence-corrected chi connectivity index (χ4v) is 5.83. The number of nitrogens with zero attached hydrogens (tertiary/aromatic N) is 1. The van der Waals surface area contributed by atoms with Crippen LogP contribution in [-0.4, -0.2) is 12.1 Å². The normalized spacial score (nSPS) is 13.8. The lowest BCUT2D eigenvalue weighted by Crippen LogP contribution is -2.01. The Morgan fingerprint density at radius 2 is 1.52 bits per heavy atom. The standard InChI is InChI=1S/C26H21NOS/c1-28-20-8-6-16(7-9-20)26-21-15-23-22-12-17-4-2-3-5-18(17)13-24(22)29-25(23)14-19(21)10-11-27-26/h6-15H,2-5H2,1H3. The molecule has 0 amide bonds. The van der Waals surface area contributed by atoms with E-state index in [0.29, 0.717) is 0 Å². The smallest absolute Gasteiger partial charge is 0.118 e. The molecule has 0 N–H and O–H groups in total. The van der Waals surface area contributed by atoms with Crippen molar-refractivity contribution in [1.82, 2.24) is 4.98 Å². The molecule has 0 spiro atoms.